The molecule has 3 nitrogen and oxygen atoms in total. The molecule has 0 radical (unpaired) electrons. The molecule has 2 N–H and O–H groups in total. The monoisotopic (exact) mass is 211 g/mol. The normalized spacial score (nSPS) is 12.2. The van der Waals surface area contributed by atoms with Crippen LogP contribution >= 0.6 is 0 Å². The second-order valence-electron chi connectivity index (χ2n) is 3.52. The lowest BCUT2D eigenvalue weighted by Gasteiger charge is -2.09. The van der Waals surface area contributed by atoms with Gasteiger partial charge in [-0.3, -0.25) is 4.79 Å². The molecule has 1 rings (SSSR count). The Morgan fingerprint density at radius 1 is 1.53 bits per heavy atom. The van der Waals surface area contributed by atoms with Crippen LogP contribution in [-0.4, -0.2) is 13.1 Å². The second kappa shape index (κ2) is 4.77. The largest absolute Gasteiger partial charge is 0.469 e. The van der Waals surface area contributed by atoms with E-state index in [1.165, 1.54) is 19.2 Å². The van der Waals surface area contributed by atoms with Gasteiger partial charge in [0.25, 0.3) is 0 Å². The third-order valence-electron chi connectivity index (χ3n) is 2.13. The van der Waals surface area contributed by atoms with Crippen molar-refractivity contribution < 1.29 is 13.9 Å². The van der Waals surface area contributed by atoms with Crippen LogP contribution in [-0.2, 0) is 16.0 Å². The van der Waals surface area contributed by atoms with Gasteiger partial charge in [0, 0.05) is 5.69 Å². The van der Waals surface area contributed by atoms with Crippen LogP contribution in [0.25, 0.3) is 0 Å². The summed E-state index contributed by atoms with van der Waals surface area (Å²) in [6.07, 6.45) is 0.425. The maximum absolute atomic E-state index is 13.0. The molecule has 82 valence electrons. The lowest BCUT2D eigenvalue weighted by atomic mass is 10.0. The lowest BCUT2D eigenvalue weighted by molar-refractivity contribution is -0.144. The molecular formula is C11H14FNO2. The Morgan fingerprint density at radius 3 is 2.73 bits per heavy atom. The van der Waals surface area contributed by atoms with E-state index >= 15 is 0 Å². The molecule has 0 aliphatic carbocycles. The number of ether oxygens (including phenoxy) is 1. The van der Waals surface area contributed by atoms with E-state index in [1.54, 1.807) is 13.0 Å². The maximum Gasteiger partial charge on any atom is 0.308 e. The molecule has 0 aromatic heterocycles. The summed E-state index contributed by atoms with van der Waals surface area (Å²) in [5.74, 6) is -0.990. The predicted octanol–water partition coefficient (Wildman–Crippen LogP) is 1.76. The number of halogens is 1. The third kappa shape index (κ3) is 3.23. The van der Waals surface area contributed by atoms with Crippen LogP contribution in [0, 0.1) is 11.7 Å². The SMILES string of the molecule is COC(=O)C(C)Cc1cc(N)cc(F)c1. The Morgan fingerprint density at radius 2 is 2.20 bits per heavy atom. The quantitative estimate of drug-likeness (QED) is 0.612. The van der Waals surface area contributed by atoms with Crippen LogP contribution < -0.4 is 5.73 Å². The Kier molecular flexibility index (Phi) is 3.66. The minimum atomic E-state index is -0.387. The van der Waals surface area contributed by atoms with Crippen molar-refractivity contribution in [3.8, 4) is 0 Å². The van der Waals surface area contributed by atoms with E-state index in [-0.39, 0.29) is 17.7 Å². The molecule has 0 saturated carbocycles. The number of nitrogens with two attached hydrogens (primary N) is 1. The topological polar surface area (TPSA) is 52.3 Å². The van der Waals surface area contributed by atoms with Gasteiger partial charge in [-0.05, 0) is 30.2 Å². The summed E-state index contributed by atoms with van der Waals surface area (Å²) >= 11 is 0. The zero-order chi connectivity index (χ0) is 11.4. The van der Waals surface area contributed by atoms with Crippen molar-refractivity contribution >= 4 is 11.7 Å². The number of esters is 1. The van der Waals surface area contributed by atoms with Gasteiger partial charge < -0.3 is 10.5 Å². The molecule has 0 bridgehead atoms. The Labute approximate surface area is 88.0 Å². The van der Waals surface area contributed by atoms with Crippen molar-refractivity contribution in [2.24, 2.45) is 5.92 Å². The summed E-state index contributed by atoms with van der Waals surface area (Å²) in [4.78, 5) is 11.1. The molecule has 0 spiro atoms. The Bertz CT molecular complexity index is 345. The van der Waals surface area contributed by atoms with Crippen LogP contribution in [0.2, 0.25) is 0 Å². The molecule has 0 aliphatic heterocycles. The van der Waals surface area contributed by atoms with Gasteiger partial charge in [-0.25, -0.2) is 4.39 Å². The van der Waals surface area contributed by atoms with E-state index in [2.05, 4.69) is 4.74 Å². The molecule has 1 atom stereocenters. The molecule has 15 heavy (non-hydrogen) atoms. The predicted molar refractivity (Wildman–Crippen MR) is 55.7 cm³/mol. The van der Waals surface area contributed by atoms with E-state index in [0.717, 1.165) is 0 Å². The number of carbonyl (C=O) groups excluding carboxylic acids is 1. The van der Waals surface area contributed by atoms with Gasteiger partial charge in [0.2, 0.25) is 0 Å². The van der Waals surface area contributed by atoms with Crippen molar-refractivity contribution in [2.45, 2.75) is 13.3 Å². The van der Waals surface area contributed by atoms with E-state index in [0.29, 0.717) is 17.7 Å². The highest BCUT2D eigenvalue weighted by atomic mass is 19.1. The van der Waals surface area contributed by atoms with Crippen molar-refractivity contribution in [3.63, 3.8) is 0 Å². The van der Waals surface area contributed by atoms with E-state index < -0.39 is 0 Å². The highest BCUT2D eigenvalue weighted by molar-refractivity contribution is 5.72. The Hall–Kier alpha value is -1.58. The van der Waals surface area contributed by atoms with Gasteiger partial charge in [0.15, 0.2) is 0 Å². The van der Waals surface area contributed by atoms with Gasteiger partial charge in [0.05, 0.1) is 13.0 Å². The second-order valence-corrected chi connectivity index (χ2v) is 3.52. The number of anilines is 1. The zero-order valence-corrected chi connectivity index (χ0v) is 8.79. The van der Waals surface area contributed by atoms with Crippen LogP contribution in [0.4, 0.5) is 10.1 Å². The number of methoxy groups -OCH3 is 1. The van der Waals surface area contributed by atoms with Crippen LogP contribution in [0.1, 0.15) is 12.5 Å². The smallest absolute Gasteiger partial charge is 0.308 e. The fourth-order valence-corrected chi connectivity index (χ4v) is 1.43. The summed E-state index contributed by atoms with van der Waals surface area (Å²) in [6, 6.07) is 4.27. The summed E-state index contributed by atoms with van der Waals surface area (Å²) in [6.45, 7) is 1.73. The average Bonchev–Trinajstić information content (AvgIpc) is 2.14. The molecule has 1 aromatic rings. The Balaban J connectivity index is 2.76. The van der Waals surface area contributed by atoms with E-state index in [1.807, 2.05) is 0 Å². The van der Waals surface area contributed by atoms with E-state index in [4.69, 9.17) is 5.73 Å². The van der Waals surface area contributed by atoms with Gasteiger partial charge in [0.1, 0.15) is 5.82 Å². The molecular weight excluding hydrogens is 197 g/mol. The van der Waals surface area contributed by atoms with Crippen LogP contribution in [0.3, 0.4) is 0 Å². The van der Waals surface area contributed by atoms with E-state index in [9.17, 15) is 9.18 Å². The van der Waals surface area contributed by atoms with Crippen molar-refractivity contribution in [1.82, 2.24) is 0 Å². The highest BCUT2D eigenvalue weighted by Crippen LogP contribution is 2.15. The van der Waals surface area contributed by atoms with Gasteiger partial charge >= 0.3 is 5.97 Å². The van der Waals surface area contributed by atoms with Gasteiger partial charge in [-0.2, -0.15) is 0 Å². The lowest BCUT2D eigenvalue weighted by Crippen LogP contribution is -2.15. The standard InChI is InChI=1S/C11H14FNO2/c1-7(11(14)15-2)3-8-4-9(12)6-10(13)5-8/h4-7H,3,13H2,1-2H3. The van der Waals surface area contributed by atoms with Crippen molar-refractivity contribution in [3.05, 3.63) is 29.6 Å². The van der Waals surface area contributed by atoms with Crippen LogP contribution in [0.5, 0.6) is 0 Å². The van der Waals surface area contributed by atoms with Crippen molar-refractivity contribution in [1.29, 1.82) is 0 Å². The number of hydrogen-bond donors (Lipinski definition) is 1. The first kappa shape index (κ1) is 11.5. The van der Waals surface area contributed by atoms with Crippen LogP contribution in [0.15, 0.2) is 18.2 Å². The first-order chi connectivity index (χ1) is 7.02. The molecule has 0 amide bonds. The van der Waals surface area contributed by atoms with Gasteiger partial charge in [-0.1, -0.05) is 6.92 Å². The zero-order valence-electron chi connectivity index (χ0n) is 8.79. The molecule has 0 saturated heterocycles. The van der Waals surface area contributed by atoms with Gasteiger partial charge in [-0.15, -0.1) is 0 Å². The number of benzene rings is 1. The minimum absolute atomic E-state index is 0.295. The number of hydrogen-bond acceptors (Lipinski definition) is 3. The summed E-state index contributed by atoms with van der Waals surface area (Å²) in [5.41, 5.74) is 6.55. The summed E-state index contributed by atoms with van der Waals surface area (Å²) < 4.78 is 17.5. The molecule has 0 heterocycles. The minimum Gasteiger partial charge on any atom is -0.469 e. The number of carbonyl (C=O) groups is 1. The molecule has 0 fully saturated rings. The molecule has 1 aromatic carbocycles. The average molecular weight is 211 g/mol. The molecule has 0 aliphatic rings. The summed E-state index contributed by atoms with van der Waals surface area (Å²) in [5, 5.41) is 0. The first-order valence-electron chi connectivity index (χ1n) is 4.65. The fraction of sp³-hybridized carbons (Fsp3) is 0.364. The molecule has 4 heteroatoms. The third-order valence-corrected chi connectivity index (χ3v) is 2.13. The molecule has 1 unspecified atom stereocenters. The first-order valence-corrected chi connectivity index (χ1v) is 4.65. The fourth-order valence-electron chi connectivity index (χ4n) is 1.43. The summed E-state index contributed by atoms with van der Waals surface area (Å²) in [7, 11) is 1.33. The number of rotatable bonds is 3. The maximum atomic E-state index is 13.0. The van der Waals surface area contributed by atoms with Crippen molar-refractivity contribution in [2.75, 3.05) is 12.8 Å². The number of nitrogen functional groups attached to an aromatic ring is 1. The highest BCUT2D eigenvalue weighted by Gasteiger charge is 2.14.